The highest BCUT2D eigenvalue weighted by Crippen LogP contribution is 2.56. The molecule has 0 bridgehead atoms. The normalized spacial score (nSPS) is 12.8. The minimum Gasteiger partial charge on any atom is -0.456 e. The monoisotopic (exact) mass is 1860 g/mol. The quantitative estimate of drug-likeness (QED) is 0.167. The molecule has 8 aromatic heterocycles. The van der Waals surface area contributed by atoms with Gasteiger partial charge >= 0.3 is 0 Å². The Labute approximate surface area is 839 Å². The van der Waals surface area contributed by atoms with Crippen LogP contribution in [0.4, 0.5) is 0 Å². The maximum atomic E-state index is 5.95. The van der Waals surface area contributed by atoms with Crippen LogP contribution in [-0.2, 0) is 10.8 Å². The summed E-state index contributed by atoms with van der Waals surface area (Å²) in [6.45, 7) is 20.2. The van der Waals surface area contributed by atoms with Crippen molar-refractivity contribution >= 4 is 175 Å². The summed E-state index contributed by atoms with van der Waals surface area (Å²) >= 11 is 0. The highest BCUT2D eigenvalue weighted by Gasteiger charge is 2.40. The Kier molecular flexibility index (Phi) is 20.0. The van der Waals surface area contributed by atoms with Gasteiger partial charge in [0.05, 0.1) is 66.2 Å². The zero-order chi connectivity index (χ0) is 97.4. The van der Waals surface area contributed by atoms with Crippen LogP contribution in [0.2, 0.25) is 0 Å². The molecule has 8 heterocycles. The lowest BCUT2D eigenvalue weighted by molar-refractivity contribution is 0.656. The number of hydrogen-bond acceptors (Lipinski definition) is 2. The second kappa shape index (κ2) is 33.6. The van der Waals surface area contributed by atoms with Crippen molar-refractivity contribution in [2.75, 3.05) is 0 Å². The predicted molar refractivity (Wildman–Crippen MR) is 612 cm³/mol. The maximum Gasteiger partial charge on any atom is 0.139 e. The largest absolute Gasteiger partial charge is 0.456 e. The predicted octanol–water partition coefficient (Wildman–Crippen LogP) is 37.0. The van der Waals surface area contributed by atoms with E-state index in [2.05, 4.69) is 514 Å². The topological polar surface area (TPSA) is 55.9 Å². The van der Waals surface area contributed by atoms with Gasteiger partial charge in [0.2, 0.25) is 0 Å². The average molecular weight is 1860 g/mol. The Hall–Kier alpha value is -18.0. The number of furan rings is 2. The summed E-state index contributed by atoms with van der Waals surface area (Å²) in [5, 5.41) is 20.2. The zero-order valence-electron chi connectivity index (χ0n) is 82.3. The molecule has 0 spiro atoms. The second-order valence-corrected chi connectivity index (χ2v) is 40.6. The minimum absolute atomic E-state index is 0.00794. The average Bonchev–Trinajstić information content (AvgIpc) is 1.54. The Morgan fingerprint density at radius 2 is 0.455 bits per heavy atom. The van der Waals surface area contributed by atoms with Crippen molar-refractivity contribution in [2.45, 2.75) is 73.1 Å². The number of nitrogens with zero attached hydrogens (tertiary/aromatic N) is 6. The van der Waals surface area contributed by atoms with Gasteiger partial charge in [-0.2, -0.15) is 0 Å². The van der Waals surface area contributed by atoms with Gasteiger partial charge in [-0.3, -0.25) is 0 Å². The highest BCUT2D eigenvalue weighted by atomic mass is 16.3. The molecule has 0 aliphatic heterocycles. The van der Waals surface area contributed by atoms with Crippen molar-refractivity contribution in [3.05, 3.63) is 505 Å². The molecule has 145 heavy (non-hydrogen) atoms. The first-order chi connectivity index (χ1) is 71.0. The fourth-order valence-corrected chi connectivity index (χ4v) is 24.3. The summed E-state index contributed by atoms with van der Waals surface area (Å²) in [5.41, 5.74) is 43.4. The van der Waals surface area contributed by atoms with Gasteiger partial charge < -0.3 is 36.2 Å². The van der Waals surface area contributed by atoms with Crippen LogP contribution in [0.1, 0.15) is 77.8 Å². The summed E-state index contributed by atoms with van der Waals surface area (Å²) in [7, 11) is 0. The lowest BCUT2D eigenvalue weighted by Gasteiger charge is -2.23. The molecule has 0 amide bonds. The molecule has 0 saturated carbocycles. The molecule has 0 atom stereocenters. The molecule has 0 N–H and O–H groups in total. The van der Waals surface area contributed by atoms with Crippen LogP contribution in [0.25, 0.3) is 231 Å². The molecular weight excluding hydrogens is 1760 g/mol. The number of fused-ring (bicyclic) bond motifs is 32. The number of benzene rings is 21. The van der Waals surface area contributed by atoms with Gasteiger partial charge in [-0.15, -0.1) is 0 Å². The summed E-state index contributed by atoms with van der Waals surface area (Å²) in [4.78, 5) is 0. The van der Waals surface area contributed by atoms with E-state index in [0.717, 1.165) is 43.9 Å². The molecule has 2 aliphatic rings. The lowest BCUT2D eigenvalue weighted by atomic mass is 9.81. The number of aromatic nitrogens is 6. The highest BCUT2D eigenvalue weighted by molar-refractivity contribution is 6.25. The molecule has 0 unspecified atom stereocenters. The third-order valence-corrected chi connectivity index (χ3v) is 30.9. The van der Waals surface area contributed by atoms with Crippen molar-refractivity contribution in [1.82, 2.24) is 27.4 Å². The van der Waals surface area contributed by atoms with Crippen LogP contribution < -0.4 is 0 Å². The Bertz CT molecular complexity index is 10300. The van der Waals surface area contributed by atoms with Crippen molar-refractivity contribution in [3.63, 3.8) is 0 Å². The van der Waals surface area contributed by atoms with Gasteiger partial charge in [-0.05, 0) is 261 Å². The SMILES string of the molecule is Cc1ccc2c(c1)c1cc3c(cc1n2-c1ccccc1)C(C)(C)c1ccccc1-3.Cc1ccc2c(c1)c1cc3c4ccccc4n(-c4ccccc4)c3cc1n2-c1ccccc1.Cc1ccc2c(c1)c1ccc3c(c1n2-c1ccccc1)C(C)(C)c1ccccc1-3.Cc1ccc2c(c1)c1ccc3c4ccccc4n(-c4ccccc4)c3c1n2-c1ccccc1.Cc1ccc2oc3cc4oc5ccccc5c4cc3c2c1. The van der Waals surface area contributed by atoms with Gasteiger partial charge in [-0.25, -0.2) is 0 Å². The lowest BCUT2D eigenvalue weighted by Crippen LogP contribution is -2.16. The first-order valence-corrected chi connectivity index (χ1v) is 50.4. The number of rotatable bonds is 6. The fraction of sp³-hybridized carbons (Fsp3) is 0.0803. The van der Waals surface area contributed by atoms with Crippen LogP contribution in [0.15, 0.2) is 464 Å². The standard InChI is InChI=1S/2C31H22N2.2C28H23N.C19H12O2/c1-21-16-19-29-27(20-21)26-18-17-25-24-14-8-9-15-28(24)32(22-10-4-2-5-11-22)30(25)31(26)33(29)23-12-6-3-7-13-23;1-21-16-17-29-25(18-21)27-19-26-24-14-8-9-15-28(24)32(22-10-4-2-5-11-22)30(26)20-31(27)33(29)23-12-6-3-7-13-23;1-18-13-16-25-23(17-18)22-15-14-21-20-11-7-8-12-24(20)28(2,3)26(21)27(22)29(25)19-9-5-4-6-10-19;1-18-13-14-26-22(15-18)23-16-21-20-11-7-8-12-24(20)28(2,3)25(21)17-27(23)29(26)19-9-5-4-6-10-19;1-11-6-7-17-13(8-11)15-9-14-12-4-2-3-5-16(12)20-18(14)10-19(15)21-17/h2*2-20H,1H3;2*4-17H,1-3H3;2-10H,1H3. The van der Waals surface area contributed by atoms with Gasteiger partial charge in [-0.1, -0.05) is 322 Å². The third-order valence-electron chi connectivity index (χ3n) is 30.9. The molecular formula is C137H102N6O2. The molecule has 692 valence electrons. The van der Waals surface area contributed by atoms with E-state index in [-0.39, 0.29) is 10.8 Å². The second-order valence-electron chi connectivity index (χ2n) is 40.6. The number of para-hydroxylation sites is 9. The van der Waals surface area contributed by atoms with Crippen molar-refractivity contribution in [1.29, 1.82) is 0 Å². The first-order valence-electron chi connectivity index (χ1n) is 50.4. The van der Waals surface area contributed by atoms with E-state index >= 15 is 0 Å². The molecule has 8 nitrogen and oxygen atoms in total. The van der Waals surface area contributed by atoms with E-state index in [4.69, 9.17) is 8.83 Å². The smallest absolute Gasteiger partial charge is 0.139 e. The Morgan fingerprint density at radius 3 is 0.945 bits per heavy atom. The fourth-order valence-electron chi connectivity index (χ4n) is 24.3. The first kappa shape index (κ1) is 86.1. The van der Waals surface area contributed by atoms with Gasteiger partial charge in [0.15, 0.2) is 0 Å². The summed E-state index contributed by atoms with van der Waals surface area (Å²) in [6.07, 6.45) is 0. The molecule has 0 fully saturated rings. The van der Waals surface area contributed by atoms with Gasteiger partial charge in [0.1, 0.15) is 22.3 Å². The third kappa shape index (κ3) is 13.7. The molecule has 8 heteroatoms. The molecule has 29 aromatic rings. The summed E-state index contributed by atoms with van der Waals surface area (Å²) < 4.78 is 26.4. The van der Waals surface area contributed by atoms with E-state index in [9.17, 15) is 0 Å². The Morgan fingerprint density at radius 1 is 0.159 bits per heavy atom. The minimum atomic E-state index is -0.0403. The Balaban J connectivity index is 0.0000000906. The van der Waals surface area contributed by atoms with Crippen LogP contribution >= 0.6 is 0 Å². The zero-order valence-corrected chi connectivity index (χ0v) is 82.3. The van der Waals surface area contributed by atoms with Crippen LogP contribution in [0, 0.1) is 34.6 Å². The van der Waals surface area contributed by atoms with Crippen molar-refractivity contribution in [3.8, 4) is 56.4 Å². The summed E-state index contributed by atoms with van der Waals surface area (Å²) in [6, 6.07) is 164. The van der Waals surface area contributed by atoms with Crippen LogP contribution in [-0.4, -0.2) is 27.4 Å². The van der Waals surface area contributed by atoms with E-state index in [0.29, 0.717) is 0 Å². The molecule has 0 saturated heterocycles. The molecule has 2 aliphatic carbocycles. The van der Waals surface area contributed by atoms with Gasteiger partial charge in [0, 0.05) is 137 Å². The van der Waals surface area contributed by atoms with E-state index in [1.54, 1.807) is 0 Å². The van der Waals surface area contributed by atoms with E-state index in [1.807, 2.05) is 30.3 Å². The summed E-state index contributed by atoms with van der Waals surface area (Å²) in [5.74, 6) is 0. The van der Waals surface area contributed by atoms with Crippen LogP contribution in [0.5, 0.6) is 0 Å². The molecule has 31 rings (SSSR count). The molecule has 21 aromatic carbocycles. The molecule has 0 radical (unpaired) electrons. The van der Waals surface area contributed by atoms with Crippen LogP contribution in [0.3, 0.4) is 0 Å². The van der Waals surface area contributed by atoms with E-state index < -0.39 is 0 Å². The maximum absolute atomic E-state index is 5.95. The van der Waals surface area contributed by atoms with Crippen molar-refractivity contribution in [2.24, 2.45) is 0 Å². The van der Waals surface area contributed by atoms with Crippen molar-refractivity contribution < 1.29 is 8.83 Å². The van der Waals surface area contributed by atoms with E-state index in [1.165, 1.54) is 237 Å². The number of hydrogen-bond donors (Lipinski definition) is 0. The number of aryl methyl sites for hydroxylation is 5. The van der Waals surface area contributed by atoms with Gasteiger partial charge in [0.25, 0.3) is 0 Å².